The lowest BCUT2D eigenvalue weighted by Gasteiger charge is -2.21. The van der Waals surface area contributed by atoms with Gasteiger partial charge in [0.2, 0.25) is 16.0 Å². The van der Waals surface area contributed by atoms with Gasteiger partial charge >= 0.3 is 0 Å². The molecule has 6 nitrogen and oxygen atoms in total. The number of imidazole rings is 1. The summed E-state index contributed by atoms with van der Waals surface area (Å²) in [6.45, 7) is 4.26. The van der Waals surface area contributed by atoms with E-state index in [-0.39, 0.29) is 6.04 Å². The van der Waals surface area contributed by atoms with Gasteiger partial charge in [-0.2, -0.15) is 4.31 Å². The van der Waals surface area contributed by atoms with E-state index < -0.39 is 10.0 Å². The first-order chi connectivity index (χ1) is 11.9. The van der Waals surface area contributed by atoms with Crippen LogP contribution in [0.1, 0.15) is 19.4 Å². The minimum absolute atomic E-state index is 0.0839. The topological polar surface area (TPSA) is 78.1 Å². The highest BCUT2D eigenvalue weighted by Gasteiger charge is 2.22. The zero-order chi connectivity index (χ0) is 18.0. The quantitative estimate of drug-likeness (QED) is 0.709. The molecule has 0 saturated heterocycles. The van der Waals surface area contributed by atoms with E-state index in [4.69, 9.17) is 0 Å². The molecule has 0 radical (unpaired) electrons. The smallest absolute Gasteiger partial charge is 0.243 e. The molecule has 3 aromatic rings. The molecule has 0 aliphatic carbocycles. The number of fused-ring (bicyclic) bond motifs is 1. The fourth-order valence-electron chi connectivity index (χ4n) is 2.45. The fraction of sp³-hybridized carbons (Fsp3) is 0.278. The Balaban J connectivity index is 1.70. The van der Waals surface area contributed by atoms with E-state index in [1.54, 1.807) is 19.2 Å². The second-order valence-corrected chi connectivity index (χ2v) is 8.21. The maximum atomic E-state index is 12.5. The second kappa shape index (κ2) is 6.85. The number of sulfonamides is 1. The summed E-state index contributed by atoms with van der Waals surface area (Å²) < 4.78 is 26.3. The van der Waals surface area contributed by atoms with Gasteiger partial charge in [-0.25, -0.2) is 13.4 Å². The number of anilines is 1. The van der Waals surface area contributed by atoms with Crippen LogP contribution in [0.15, 0.2) is 53.4 Å². The molecule has 0 aliphatic rings. The van der Waals surface area contributed by atoms with Crippen LogP contribution in [0, 0.1) is 0 Å². The van der Waals surface area contributed by atoms with Crippen LogP contribution in [0.25, 0.3) is 11.0 Å². The Morgan fingerprint density at radius 2 is 1.80 bits per heavy atom. The van der Waals surface area contributed by atoms with Crippen LogP contribution in [-0.4, -0.2) is 35.8 Å². The van der Waals surface area contributed by atoms with E-state index in [1.165, 1.54) is 4.31 Å². The number of nitrogens with one attached hydrogen (secondary N) is 2. The number of benzene rings is 2. The number of hydrogen-bond donors (Lipinski definition) is 2. The molecule has 0 spiro atoms. The molecule has 0 saturated carbocycles. The van der Waals surface area contributed by atoms with Crippen LogP contribution in [0.3, 0.4) is 0 Å². The highest BCUT2D eigenvalue weighted by molar-refractivity contribution is 7.89. The molecule has 0 atom stereocenters. The Hall–Kier alpha value is -2.38. The van der Waals surface area contributed by atoms with Crippen molar-refractivity contribution in [3.63, 3.8) is 0 Å². The monoisotopic (exact) mass is 358 g/mol. The zero-order valence-corrected chi connectivity index (χ0v) is 15.3. The summed E-state index contributed by atoms with van der Waals surface area (Å²) in [5.74, 6) is 0.692. The lowest BCUT2D eigenvalue weighted by molar-refractivity contribution is 0.410. The van der Waals surface area contributed by atoms with E-state index >= 15 is 0 Å². The van der Waals surface area contributed by atoms with Gasteiger partial charge in [0.15, 0.2) is 0 Å². The molecule has 0 amide bonds. The molecule has 7 heteroatoms. The van der Waals surface area contributed by atoms with Crippen LogP contribution in [0.2, 0.25) is 0 Å². The summed E-state index contributed by atoms with van der Waals surface area (Å²) in [4.78, 5) is 7.96. The molecular formula is C18H22N4O2S. The van der Waals surface area contributed by atoms with Crippen molar-refractivity contribution in [3.05, 3.63) is 54.1 Å². The van der Waals surface area contributed by atoms with Crippen molar-refractivity contribution in [3.8, 4) is 0 Å². The van der Waals surface area contributed by atoms with Crippen LogP contribution in [0.4, 0.5) is 5.95 Å². The molecule has 1 aromatic heterocycles. The van der Waals surface area contributed by atoms with E-state index in [0.717, 1.165) is 16.6 Å². The highest BCUT2D eigenvalue weighted by Crippen LogP contribution is 2.18. The third-order valence-corrected chi connectivity index (χ3v) is 6.22. The van der Waals surface area contributed by atoms with Crippen molar-refractivity contribution in [2.24, 2.45) is 0 Å². The standard InChI is InChI=1S/C18H22N4O2S/c1-13(2)22(3)25(23,24)15-10-8-14(9-11-15)12-19-18-20-16-6-4-5-7-17(16)21-18/h4-11,13H,12H2,1-3H3,(H2,19,20,21). The minimum atomic E-state index is -3.45. The molecule has 0 aliphatic heterocycles. The summed E-state index contributed by atoms with van der Waals surface area (Å²) in [5, 5.41) is 3.22. The Labute approximate surface area is 147 Å². The van der Waals surface area contributed by atoms with Crippen molar-refractivity contribution in [1.82, 2.24) is 14.3 Å². The summed E-state index contributed by atoms with van der Waals surface area (Å²) in [5.41, 5.74) is 2.86. The molecule has 2 aromatic carbocycles. The van der Waals surface area contributed by atoms with Crippen molar-refractivity contribution >= 4 is 27.0 Å². The average molecular weight is 358 g/mol. The van der Waals surface area contributed by atoms with Gasteiger partial charge in [-0.1, -0.05) is 24.3 Å². The fourth-order valence-corrected chi connectivity index (χ4v) is 3.81. The van der Waals surface area contributed by atoms with Crippen LogP contribution >= 0.6 is 0 Å². The summed E-state index contributed by atoms with van der Waals surface area (Å²) in [6, 6.07) is 14.7. The summed E-state index contributed by atoms with van der Waals surface area (Å²) >= 11 is 0. The van der Waals surface area contributed by atoms with Gasteiger partial charge in [0, 0.05) is 19.6 Å². The van der Waals surface area contributed by atoms with Crippen molar-refractivity contribution in [1.29, 1.82) is 0 Å². The molecular weight excluding hydrogens is 336 g/mol. The van der Waals surface area contributed by atoms with Crippen molar-refractivity contribution < 1.29 is 8.42 Å². The van der Waals surface area contributed by atoms with E-state index in [9.17, 15) is 8.42 Å². The molecule has 3 rings (SSSR count). The first-order valence-corrected chi connectivity index (χ1v) is 9.57. The number of aromatic amines is 1. The Kier molecular flexibility index (Phi) is 4.78. The lowest BCUT2D eigenvalue weighted by atomic mass is 10.2. The number of nitrogens with zero attached hydrogens (tertiary/aromatic N) is 2. The van der Waals surface area contributed by atoms with Crippen LogP contribution < -0.4 is 5.32 Å². The van der Waals surface area contributed by atoms with Gasteiger partial charge in [-0.05, 0) is 43.7 Å². The highest BCUT2D eigenvalue weighted by atomic mass is 32.2. The summed E-state index contributed by atoms with van der Waals surface area (Å²) in [7, 11) is -1.85. The molecule has 0 fully saturated rings. The van der Waals surface area contributed by atoms with E-state index in [1.807, 2.05) is 50.2 Å². The second-order valence-electron chi connectivity index (χ2n) is 6.22. The Morgan fingerprint density at radius 1 is 1.12 bits per heavy atom. The van der Waals surface area contributed by atoms with E-state index in [2.05, 4.69) is 15.3 Å². The SMILES string of the molecule is CC(C)N(C)S(=O)(=O)c1ccc(CNc2nc3ccccc3[nH]2)cc1. The third-order valence-electron chi connectivity index (χ3n) is 4.18. The van der Waals surface area contributed by atoms with Gasteiger partial charge < -0.3 is 10.3 Å². The average Bonchev–Trinajstić information content (AvgIpc) is 3.02. The predicted octanol–water partition coefficient (Wildman–Crippen LogP) is 3.20. The number of rotatable bonds is 6. The van der Waals surface area contributed by atoms with E-state index in [0.29, 0.717) is 17.4 Å². The lowest BCUT2D eigenvalue weighted by Crippen LogP contribution is -2.33. The molecule has 132 valence electrons. The van der Waals surface area contributed by atoms with Crippen LogP contribution in [-0.2, 0) is 16.6 Å². The summed E-state index contributed by atoms with van der Waals surface area (Å²) in [6.07, 6.45) is 0. The maximum Gasteiger partial charge on any atom is 0.243 e. The Bertz CT molecular complexity index is 929. The van der Waals surface area contributed by atoms with Gasteiger partial charge in [0.25, 0.3) is 0 Å². The van der Waals surface area contributed by atoms with Gasteiger partial charge in [-0.15, -0.1) is 0 Å². The molecule has 25 heavy (non-hydrogen) atoms. The van der Waals surface area contributed by atoms with Gasteiger partial charge in [-0.3, -0.25) is 0 Å². The largest absolute Gasteiger partial charge is 0.352 e. The Morgan fingerprint density at radius 3 is 2.44 bits per heavy atom. The first kappa shape index (κ1) is 17.4. The van der Waals surface area contributed by atoms with Gasteiger partial charge in [0.05, 0.1) is 15.9 Å². The van der Waals surface area contributed by atoms with Crippen molar-refractivity contribution in [2.45, 2.75) is 31.3 Å². The number of para-hydroxylation sites is 2. The van der Waals surface area contributed by atoms with Crippen molar-refractivity contribution in [2.75, 3.05) is 12.4 Å². The number of H-pyrrole nitrogens is 1. The normalized spacial score (nSPS) is 12.2. The van der Waals surface area contributed by atoms with Gasteiger partial charge in [0.1, 0.15) is 0 Å². The third kappa shape index (κ3) is 3.67. The predicted molar refractivity (Wildman–Crippen MR) is 99.9 cm³/mol. The number of hydrogen-bond acceptors (Lipinski definition) is 4. The molecule has 1 heterocycles. The zero-order valence-electron chi connectivity index (χ0n) is 14.5. The molecule has 2 N–H and O–H groups in total. The molecule has 0 bridgehead atoms. The minimum Gasteiger partial charge on any atom is -0.352 e. The maximum absolute atomic E-state index is 12.5. The van der Waals surface area contributed by atoms with Crippen LogP contribution in [0.5, 0.6) is 0 Å². The molecule has 0 unspecified atom stereocenters. The first-order valence-electron chi connectivity index (χ1n) is 8.13. The number of aromatic nitrogens is 2.